The van der Waals surface area contributed by atoms with Crippen LogP contribution in [0, 0.1) is 0 Å². The highest BCUT2D eigenvalue weighted by Gasteiger charge is 2.43. The van der Waals surface area contributed by atoms with Crippen LogP contribution in [0.1, 0.15) is 59.3 Å². The van der Waals surface area contributed by atoms with E-state index in [-0.39, 0.29) is 30.4 Å². The number of urea groups is 1. The molecule has 7 heteroatoms. The van der Waals surface area contributed by atoms with Gasteiger partial charge >= 0.3 is 6.03 Å². The lowest BCUT2D eigenvalue weighted by Gasteiger charge is -2.36. The Morgan fingerprint density at radius 2 is 2.08 bits per heavy atom. The number of aliphatic hydroxyl groups is 1. The van der Waals surface area contributed by atoms with Crippen LogP contribution in [0.25, 0.3) is 0 Å². The molecule has 0 aromatic carbocycles. The van der Waals surface area contributed by atoms with Crippen molar-refractivity contribution in [1.82, 2.24) is 15.1 Å². The average Bonchev–Trinajstić information content (AvgIpc) is 2.68. The number of aliphatic hydroxyl groups excluding tert-OH is 1. The van der Waals surface area contributed by atoms with Gasteiger partial charge < -0.3 is 15.3 Å². The fraction of sp³-hybridized carbons (Fsp3) is 0.824. The summed E-state index contributed by atoms with van der Waals surface area (Å²) in [5.41, 5.74) is -0.865. The van der Waals surface area contributed by atoms with Gasteiger partial charge in [0.1, 0.15) is 5.54 Å². The number of likely N-dealkylation sites (tertiary alicyclic amines) is 1. The molecule has 136 valence electrons. The van der Waals surface area contributed by atoms with E-state index >= 15 is 0 Å². The maximum absolute atomic E-state index is 12.5. The van der Waals surface area contributed by atoms with Gasteiger partial charge in [-0.15, -0.1) is 0 Å². The summed E-state index contributed by atoms with van der Waals surface area (Å²) in [6, 6.07) is -0.288. The Balaban J connectivity index is 1.84. The predicted molar refractivity (Wildman–Crippen MR) is 89.2 cm³/mol. The van der Waals surface area contributed by atoms with E-state index in [1.807, 2.05) is 4.90 Å². The minimum absolute atomic E-state index is 0.0478. The van der Waals surface area contributed by atoms with Crippen LogP contribution in [0.4, 0.5) is 4.79 Å². The molecule has 0 saturated carbocycles. The van der Waals surface area contributed by atoms with E-state index in [0.29, 0.717) is 19.3 Å². The fourth-order valence-corrected chi connectivity index (χ4v) is 3.52. The standard InChI is InChI=1S/C17H29N3O4/c1-12(21)11-13-7-4-5-9-19(13)14(22)8-6-10-20-15(23)17(2,3)18-16(20)24/h12-13,21H,4-11H2,1-3H3,(H,18,24). The molecule has 0 aliphatic carbocycles. The number of rotatable bonds is 6. The molecule has 2 unspecified atom stereocenters. The Kier molecular flexibility index (Phi) is 5.85. The highest BCUT2D eigenvalue weighted by atomic mass is 16.3. The second-order valence-corrected chi connectivity index (χ2v) is 7.44. The van der Waals surface area contributed by atoms with Gasteiger partial charge in [0.25, 0.3) is 5.91 Å². The lowest BCUT2D eigenvalue weighted by Crippen LogP contribution is -2.45. The van der Waals surface area contributed by atoms with Crippen LogP contribution >= 0.6 is 0 Å². The van der Waals surface area contributed by atoms with Crippen molar-refractivity contribution in [1.29, 1.82) is 0 Å². The number of hydrogen-bond acceptors (Lipinski definition) is 4. The maximum atomic E-state index is 12.5. The minimum Gasteiger partial charge on any atom is -0.393 e. The van der Waals surface area contributed by atoms with E-state index in [0.717, 1.165) is 25.8 Å². The van der Waals surface area contributed by atoms with Gasteiger partial charge in [-0.3, -0.25) is 14.5 Å². The van der Waals surface area contributed by atoms with Crippen molar-refractivity contribution in [2.24, 2.45) is 0 Å². The molecule has 0 spiro atoms. The van der Waals surface area contributed by atoms with Crippen molar-refractivity contribution < 1.29 is 19.5 Å². The molecule has 7 nitrogen and oxygen atoms in total. The Bertz CT molecular complexity index is 504. The van der Waals surface area contributed by atoms with Gasteiger partial charge in [-0.05, 0) is 52.9 Å². The largest absolute Gasteiger partial charge is 0.393 e. The normalized spacial score (nSPS) is 24.9. The lowest BCUT2D eigenvalue weighted by atomic mass is 9.96. The smallest absolute Gasteiger partial charge is 0.325 e. The summed E-state index contributed by atoms with van der Waals surface area (Å²) in [4.78, 5) is 39.5. The van der Waals surface area contributed by atoms with Crippen LogP contribution in [0.2, 0.25) is 0 Å². The van der Waals surface area contributed by atoms with Gasteiger partial charge in [0.15, 0.2) is 0 Å². The zero-order chi connectivity index (χ0) is 17.9. The van der Waals surface area contributed by atoms with Crippen molar-refractivity contribution in [3.05, 3.63) is 0 Å². The first kappa shape index (κ1) is 18.7. The van der Waals surface area contributed by atoms with E-state index in [9.17, 15) is 19.5 Å². The van der Waals surface area contributed by atoms with E-state index in [4.69, 9.17) is 0 Å². The van der Waals surface area contributed by atoms with Gasteiger partial charge in [0.05, 0.1) is 6.10 Å². The Morgan fingerprint density at radius 3 is 2.67 bits per heavy atom. The number of nitrogens with one attached hydrogen (secondary N) is 1. The van der Waals surface area contributed by atoms with Crippen LogP contribution in [-0.2, 0) is 9.59 Å². The zero-order valence-corrected chi connectivity index (χ0v) is 14.9. The Morgan fingerprint density at radius 1 is 1.38 bits per heavy atom. The number of amides is 4. The summed E-state index contributed by atoms with van der Waals surface area (Å²) in [6.45, 7) is 6.08. The molecule has 2 aliphatic heterocycles. The molecule has 2 aliphatic rings. The SMILES string of the molecule is CC(O)CC1CCCCN1C(=O)CCCN1C(=O)NC(C)(C)C1=O. The number of nitrogens with zero attached hydrogens (tertiary/aromatic N) is 2. The van der Waals surface area contributed by atoms with E-state index < -0.39 is 11.6 Å². The van der Waals surface area contributed by atoms with E-state index in [1.54, 1.807) is 20.8 Å². The first-order valence-corrected chi connectivity index (χ1v) is 8.84. The Labute approximate surface area is 143 Å². The fourth-order valence-electron chi connectivity index (χ4n) is 3.52. The van der Waals surface area contributed by atoms with Gasteiger partial charge in [-0.1, -0.05) is 0 Å². The number of hydrogen-bond donors (Lipinski definition) is 2. The van der Waals surface area contributed by atoms with Crippen LogP contribution in [0.15, 0.2) is 0 Å². The first-order chi connectivity index (χ1) is 11.2. The summed E-state index contributed by atoms with van der Waals surface area (Å²) < 4.78 is 0. The molecule has 4 amide bonds. The minimum atomic E-state index is -0.865. The molecule has 2 N–H and O–H groups in total. The first-order valence-electron chi connectivity index (χ1n) is 8.84. The number of carbonyl (C=O) groups excluding carboxylic acids is 3. The van der Waals surface area contributed by atoms with Crippen LogP contribution < -0.4 is 5.32 Å². The highest BCUT2D eigenvalue weighted by Crippen LogP contribution is 2.22. The average molecular weight is 339 g/mol. The van der Waals surface area contributed by atoms with Gasteiger partial charge in [0, 0.05) is 25.6 Å². The highest BCUT2D eigenvalue weighted by molar-refractivity contribution is 6.06. The monoisotopic (exact) mass is 339 g/mol. The second kappa shape index (κ2) is 7.51. The summed E-state index contributed by atoms with van der Waals surface area (Å²) in [5, 5.41) is 12.2. The lowest BCUT2D eigenvalue weighted by molar-refractivity contribution is -0.136. The molecular formula is C17H29N3O4. The van der Waals surface area contributed by atoms with Crippen molar-refractivity contribution in [3.8, 4) is 0 Å². The third-order valence-electron chi connectivity index (χ3n) is 4.78. The summed E-state index contributed by atoms with van der Waals surface area (Å²) in [6.07, 6.45) is 3.96. The number of imide groups is 1. The van der Waals surface area contributed by atoms with Crippen molar-refractivity contribution in [2.75, 3.05) is 13.1 Å². The predicted octanol–water partition coefficient (Wildman–Crippen LogP) is 1.25. The van der Waals surface area contributed by atoms with Gasteiger partial charge in [-0.25, -0.2) is 4.79 Å². The molecule has 24 heavy (non-hydrogen) atoms. The second-order valence-electron chi connectivity index (χ2n) is 7.44. The molecule has 0 radical (unpaired) electrons. The molecule has 0 bridgehead atoms. The molecule has 0 aromatic heterocycles. The summed E-state index contributed by atoms with van der Waals surface area (Å²) >= 11 is 0. The number of piperidine rings is 1. The molecule has 2 atom stereocenters. The molecule has 2 rings (SSSR count). The third kappa shape index (κ3) is 4.26. The Hall–Kier alpha value is -1.63. The number of carbonyl (C=O) groups is 3. The van der Waals surface area contributed by atoms with Crippen molar-refractivity contribution in [2.45, 2.75) is 77.0 Å². The topological polar surface area (TPSA) is 89.9 Å². The molecule has 0 aromatic rings. The maximum Gasteiger partial charge on any atom is 0.325 e. The summed E-state index contributed by atoms with van der Waals surface area (Å²) in [5.74, 6) is -0.198. The van der Waals surface area contributed by atoms with Crippen LogP contribution in [-0.4, -0.2) is 63.5 Å². The van der Waals surface area contributed by atoms with Crippen LogP contribution in [0.5, 0.6) is 0 Å². The van der Waals surface area contributed by atoms with Crippen molar-refractivity contribution >= 4 is 17.8 Å². The van der Waals surface area contributed by atoms with E-state index in [2.05, 4.69) is 5.32 Å². The molecule has 2 saturated heterocycles. The molecule has 2 heterocycles. The zero-order valence-electron chi connectivity index (χ0n) is 14.9. The van der Waals surface area contributed by atoms with E-state index in [1.165, 1.54) is 4.90 Å². The van der Waals surface area contributed by atoms with Crippen molar-refractivity contribution in [3.63, 3.8) is 0 Å². The molecular weight excluding hydrogens is 310 g/mol. The van der Waals surface area contributed by atoms with Crippen LogP contribution in [0.3, 0.4) is 0 Å². The van der Waals surface area contributed by atoms with Gasteiger partial charge in [-0.2, -0.15) is 0 Å². The summed E-state index contributed by atoms with van der Waals surface area (Å²) in [7, 11) is 0. The quantitative estimate of drug-likeness (QED) is 0.713. The third-order valence-corrected chi connectivity index (χ3v) is 4.78. The molecule has 2 fully saturated rings. The van der Waals surface area contributed by atoms with Gasteiger partial charge in [0.2, 0.25) is 5.91 Å².